The molecule has 2 aliphatic carbocycles. The summed E-state index contributed by atoms with van der Waals surface area (Å²) >= 11 is 0. The molecule has 0 radical (unpaired) electrons. The lowest BCUT2D eigenvalue weighted by atomic mass is 9.84. The van der Waals surface area contributed by atoms with E-state index in [1.165, 1.54) is 30.5 Å². The first-order valence-electron chi connectivity index (χ1n) is 8.44. The van der Waals surface area contributed by atoms with Crippen LogP contribution in [0.4, 0.5) is 0 Å². The Morgan fingerprint density at radius 1 is 1.39 bits per heavy atom. The summed E-state index contributed by atoms with van der Waals surface area (Å²) in [5, 5.41) is 11.0. The van der Waals surface area contributed by atoms with Crippen molar-refractivity contribution in [3.8, 4) is 0 Å². The number of hydrogen-bond donors (Lipinski definition) is 1. The van der Waals surface area contributed by atoms with Gasteiger partial charge in [0.1, 0.15) is 11.0 Å². The zero-order valence-corrected chi connectivity index (χ0v) is 13.3. The Balaban J connectivity index is 1.32. The molecule has 6 nitrogen and oxygen atoms in total. The highest BCUT2D eigenvalue weighted by Crippen LogP contribution is 2.49. The molecule has 4 rings (SSSR count). The van der Waals surface area contributed by atoms with Crippen molar-refractivity contribution in [3.63, 3.8) is 0 Å². The number of aromatic nitrogens is 3. The molecule has 2 aliphatic rings. The van der Waals surface area contributed by atoms with Gasteiger partial charge in [-0.15, -0.1) is 5.10 Å². The lowest BCUT2D eigenvalue weighted by Crippen LogP contribution is -2.43. The number of amides is 1. The molecule has 122 valence electrons. The second-order valence-corrected chi connectivity index (χ2v) is 6.92. The Kier molecular flexibility index (Phi) is 3.67. The minimum atomic E-state index is -0.0974. The molecule has 2 aromatic rings. The van der Waals surface area contributed by atoms with E-state index in [1.807, 2.05) is 24.3 Å². The van der Waals surface area contributed by atoms with Gasteiger partial charge in [-0.3, -0.25) is 4.79 Å². The van der Waals surface area contributed by atoms with Crippen LogP contribution in [0.15, 0.2) is 24.3 Å². The van der Waals surface area contributed by atoms with Crippen LogP contribution in [0, 0.1) is 17.8 Å². The molecule has 1 N–H and O–H groups in total. The number of rotatable bonds is 5. The van der Waals surface area contributed by atoms with E-state index in [0.29, 0.717) is 5.92 Å². The lowest BCUT2D eigenvalue weighted by Gasteiger charge is -2.28. The van der Waals surface area contributed by atoms with Gasteiger partial charge in [0.05, 0.1) is 0 Å². The highest BCUT2D eigenvalue weighted by atomic mass is 16.7. The number of para-hydroxylation sites is 1. The summed E-state index contributed by atoms with van der Waals surface area (Å²) in [7, 11) is 0. The fraction of sp³-hybridized carbons (Fsp3) is 0.588. The van der Waals surface area contributed by atoms with E-state index >= 15 is 0 Å². The number of carbonyl (C=O) groups is 1. The van der Waals surface area contributed by atoms with Crippen LogP contribution in [0.2, 0.25) is 0 Å². The van der Waals surface area contributed by atoms with Crippen LogP contribution in [0.1, 0.15) is 32.6 Å². The molecular formula is C17H22N4O2. The zero-order chi connectivity index (χ0) is 15.8. The maximum atomic E-state index is 12.2. The molecule has 1 heterocycles. The molecule has 1 aromatic carbocycles. The van der Waals surface area contributed by atoms with Gasteiger partial charge in [-0.2, -0.15) is 0 Å². The highest BCUT2D eigenvalue weighted by Gasteiger charge is 2.42. The maximum absolute atomic E-state index is 12.2. The maximum Gasteiger partial charge on any atom is 0.260 e. The molecule has 4 unspecified atom stereocenters. The molecule has 23 heavy (non-hydrogen) atoms. The predicted molar refractivity (Wildman–Crippen MR) is 85.5 cm³/mol. The Bertz CT molecular complexity index is 713. The van der Waals surface area contributed by atoms with E-state index in [0.717, 1.165) is 22.9 Å². The Morgan fingerprint density at radius 2 is 2.26 bits per heavy atom. The SMILES string of the molecule is CC(NC(=O)COn1nnc2ccccc21)C1CC2CCC1C2. The number of carbonyl (C=O) groups excluding carboxylic acids is 1. The fourth-order valence-electron chi connectivity index (χ4n) is 4.37. The summed E-state index contributed by atoms with van der Waals surface area (Å²) in [6, 6.07) is 7.73. The Hall–Kier alpha value is -2.11. The van der Waals surface area contributed by atoms with Crippen molar-refractivity contribution in [1.82, 2.24) is 20.5 Å². The van der Waals surface area contributed by atoms with Crippen LogP contribution in [0.3, 0.4) is 0 Å². The number of benzene rings is 1. The van der Waals surface area contributed by atoms with Crippen molar-refractivity contribution in [2.75, 3.05) is 6.61 Å². The minimum Gasteiger partial charge on any atom is -0.385 e. The summed E-state index contributed by atoms with van der Waals surface area (Å²) in [6.07, 6.45) is 5.33. The topological polar surface area (TPSA) is 69.0 Å². The minimum absolute atomic E-state index is 0.0431. The van der Waals surface area contributed by atoms with E-state index in [9.17, 15) is 4.79 Å². The Morgan fingerprint density at radius 3 is 3.04 bits per heavy atom. The van der Waals surface area contributed by atoms with Crippen molar-refractivity contribution >= 4 is 16.9 Å². The van der Waals surface area contributed by atoms with E-state index < -0.39 is 0 Å². The van der Waals surface area contributed by atoms with Crippen molar-refractivity contribution in [3.05, 3.63) is 24.3 Å². The van der Waals surface area contributed by atoms with Crippen molar-refractivity contribution in [2.24, 2.45) is 17.8 Å². The van der Waals surface area contributed by atoms with Gasteiger partial charge >= 0.3 is 0 Å². The summed E-state index contributed by atoms with van der Waals surface area (Å²) in [6.45, 7) is 2.08. The van der Waals surface area contributed by atoms with Gasteiger partial charge in [-0.05, 0) is 61.3 Å². The Labute approximate surface area is 135 Å². The van der Waals surface area contributed by atoms with E-state index in [2.05, 4.69) is 22.6 Å². The number of hydrogen-bond acceptors (Lipinski definition) is 4. The van der Waals surface area contributed by atoms with Crippen LogP contribution in [0.5, 0.6) is 0 Å². The summed E-state index contributed by atoms with van der Waals surface area (Å²) in [5.41, 5.74) is 1.52. The average molecular weight is 314 g/mol. The smallest absolute Gasteiger partial charge is 0.260 e. The zero-order valence-electron chi connectivity index (χ0n) is 13.3. The van der Waals surface area contributed by atoms with E-state index in [1.54, 1.807) is 0 Å². The first-order chi connectivity index (χ1) is 11.2. The van der Waals surface area contributed by atoms with Crippen LogP contribution in [0.25, 0.3) is 11.0 Å². The molecule has 0 saturated heterocycles. The normalized spacial score (nSPS) is 27.3. The van der Waals surface area contributed by atoms with E-state index in [4.69, 9.17) is 4.84 Å². The second kappa shape index (κ2) is 5.83. The average Bonchev–Trinajstić information content (AvgIpc) is 3.28. The van der Waals surface area contributed by atoms with Crippen LogP contribution < -0.4 is 10.2 Å². The van der Waals surface area contributed by atoms with Crippen molar-refractivity contribution in [2.45, 2.75) is 38.6 Å². The van der Waals surface area contributed by atoms with E-state index in [-0.39, 0.29) is 18.6 Å². The van der Waals surface area contributed by atoms with Gasteiger partial charge < -0.3 is 10.2 Å². The molecule has 0 spiro atoms. The molecule has 0 aliphatic heterocycles. The van der Waals surface area contributed by atoms with Crippen molar-refractivity contribution in [1.29, 1.82) is 0 Å². The van der Waals surface area contributed by atoms with Gasteiger partial charge in [0.15, 0.2) is 6.61 Å². The highest BCUT2D eigenvalue weighted by molar-refractivity contribution is 5.78. The summed E-state index contributed by atoms with van der Waals surface area (Å²) in [4.78, 5) is 18.9. The lowest BCUT2D eigenvalue weighted by molar-refractivity contribution is -0.127. The van der Waals surface area contributed by atoms with Crippen LogP contribution >= 0.6 is 0 Å². The molecule has 2 bridgehead atoms. The van der Waals surface area contributed by atoms with Gasteiger partial charge in [-0.1, -0.05) is 23.4 Å². The van der Waals surface area contributed by atoms with Crippen molar-refractivity contribution < 1.29 is 9.63 Å². The van der Waals surface area contributed by atoms with Gasteiger partial charge in [0.2, 0.25) is 0 Å². The number of nitrogens with zero attached hydrogens (tertiary/aromatic N) is 3. The molecule has 1 aromatic heterocycles. The third-order valence-electron chi connectivity index (χ3n) is 5.46. The standard InChI is InChI=1S/C17H22N4O2/c1-11(14-9-12-6-7-13(14)8-12)18-17(22)10-23-21-16-5-3-2-4-15(16)19-20-21/h2-5,11-14H,6-10H2,1H3,(H,18,22). The molecule has 4 atom stereocenters. The molecule has 2 fully saturated rings. The first-order valence-corrected chi connectivity index (χ1v) is 8.44. The molecular weight excluding hydrogens is 292 g/mol. The monoisotopic (exact) mass is 314 g/mol. The number of fused-ring (bicyclic) bond motifs is 3. The largest absolute Gasteiger partial charge is 0.385 e. The quantitative estimate of drug-likeness (QED) is 0.914. The van der Waals surface area contributed by atoms with Gasteiger partial charge in [0, 0.05) is 6.04 Å². The summed E-state index contributed by atoms with van der Waals surface area (Å²) in [5.74, 6) is 2.22. The summed E-state index contributed by atoms with van der Waals surface area (Å²) < 4.78 is 0. The third-order valence-corrected chi connectivity index (χ3v) is 5.46. The van der Waals surface area contributed by atoms with Crippen LogP contribution in [-0.2, 0) is 4.79 Å². The van der Waals surface area contributed by atoms with Gasteiger partial charge in [-0.25, -0.2) is 0 Å². The van der Waals surface area contributed by atoms with Gasteiger partial charge in [0.25, 0.3) is 5.91 Å². The van der Waals surface area contributed by atoms with Crippen LogP contribution in [-0.4, -0.2) is 33.7 Å². The second-order valence-electron chi connectivity index (χ2n) is 6.92. The third kappa shape index (κ3) is 2.78. The molecule has 2 saturated carbocycles. The predicted octanol–water partition coefficient (Wildman–Crippen LogP) is 1.80. The first kappa shape index (κ1) is 14.5. The number of nitrogens with one attached hydrogen (secondary N) is 1. The molecule has 1 amide bonds. The fourth-order valence-corrected chi connectivity index (χ4v) is 4.37. The molecule has 6 heteroatoms.